The van der Waals surface area contributed by atoms with Gasteiger partial charge in [-0.3, -0.25) is 4.72 Å². The van der Waals surface area contributed by atoms with E-state index in [4.69, 9.17) is 16.7 Å². The Balaban J connectivity index is 2.43. The Hall–Kier alpha value is -1.09. The molecule has 0 radical (unpaired) electrons. The van der Waals surface area contributed by atoms with E-state index in [0.29, 0.717) is 9.35 Å². The largest absolute Gasteiger partial charge is 0.477 e. The molecule has 2 N–H and O–H groups in total. The maximum Gasteiger partial charge on any atom is 0.345 e. The second kappa shape index (κ2) is 5.96. The molecule has 21 heavy (non-hydrogen) atoms. The minimum Gasteiger partial charge on any atom is -0.477 e. The molecule has 0 saturated heterocycles. The molecule has 1 heterocycles. The Morgan fingerprint density at radius 2 is 2.05 bits per heavy atom. The van der Waals surface area contributed by atoms with E-state index in [1.54, 1.807) is 19.1 Å². The molecule has 0 bridgehead atoms. The highest BCUT2D eigenvalue weighted by atomic mass is 79.9. The summed E-state index contributed by atoms with van der Waals surface area (Å²) in [5, 5.41) is 9.17. The summed E-state index contributed by atoms with van der Waals surface area (Å²) in [6.07, 6.45) is 0. The van der Waals surface area contributed by atoms with Crippen molar-refractivity contribution in [2.45, 2.75) is 11.8 Å². The molecule has 0 fully saturated rings. The zero-order valence-corrected chi connectivity index (χ0v) is 14.5. The highest BCUT2D eigenvalue weighted by Gasteiger charge is 2.23. The fourth-order valence-corrected chi connectivity index (χ4v) is 4.70. The molecule has 112 valence electrons. The van der Waals surface area contributed by atoms with Gasteiger partial charge < -0.3 is 5.11 Å². The zero-order valence-electron chi connectivity index (χ0n) is 10.6. The number of aromatic carboxylic acids is 1. The summed E-state index contributed by atoms with van der Waals surface area (Å²) in [7, 11) is -3.90. The van der Waals surface area contributed by atoms with Crippen molar-refractivity contribution in [2.75, 3.05) is 4.72 Å². The summed E-state index contributed by atoms with van der Waals surface area (Å²) in [5.41, 5.74) is 0.216. The number of rotatable bonds is 4. The van der Waals surface area contributed by atoms with E-state index < -0.39 is 16.0 Å². The van der Waals surface area contributed by atoms with Crippen LogP contribution in [0.2, 0.25) is 5.02 Å². The maximum atomic E-state index is 12.4. The fraction of sp³-hybridized carbons (Fsp3) is 0.0833. The number of carboxylic acids is 1. The monoisotopic (exact) mass is 409 g/mol. The molecule has 0 amide bonds. The van der Waals surface area contributed by atoms with Gasteiger partial charge >= 0.3 is 5.97 Å². The lowest BCUT2D eigenvalue weighted by molar-refractivity contribution is 0.0702. The van der Waals surface area contributed by atoms with E-state index in [1.165, 1.54) is 6.07 Å². The molecule has 5 nitrogen and oxygen atoms in total. The summed E-state index contributed by atoms with van der Waals surface area (Å²) in [6.45, 7) is 1.55. The van der Waals surface area contributed by atoms with Crippen LogP contribution in [0.1, 0.15) is 14.5 Å². The van der Waals surface area contributed by atoms with E-state index in [0.717, 1.165) is 17.4 Å². The predicted molar refractivity (Wildman–Crippen MR) is 86.0 cm³/mol. The smallest absolute Gasteiger partial charge is 0.345 e. The van der Waals surface area contributed by atoms with Crippen molar-refractivity contribution in [3.05, 3.63) is 43.5 Å². The Kier molecular flexibility index (Phi) is 4.62. The first kappa shape index (κ1) is 16.3. The van der Waals surface area contributed by atoms with Gasteiger partial charge in [-0.05, 0) is 31.2 Å². The lowest BCUT2D eigenvalue weighted by Gasteiger charge is -2.09. The van der Waals surface area contributed by atoms with Gasteiger partial charge in [-0.2, -0.15) is 0 Å². The number of hydrogen-bond donors (Lipinski definition) is 2. The molecule has 2 aromatic rings. The van der Waals surface area contributed by atoms with Gasteiger partial charge in [0.15, 0.2) is 0 Å². The molecule has 1 aromatic heterocycles. The molecule has 0 aliphatic heterocycles. The van der Waals surface area contributed by atoms with Gasteiger partial charge in [-0.1, -0.05) is 27.5 Å². The fourth-order valence-electron chi connectivity index (χ4n) is 1.61. The van der Waals surface area contributed by atoms with Gasteiger partial charge in [0.2, 0.25) is 0 Å². The third kappa shape index (κ3) is 3.57. The molecular formula is C12H9BrClNO4S2. The van der Waals surface area contributed by atoms with E-state index in [2.05, 4.69) is 20.7 Å². The van der Waals surface area contributed by atoms with Crippen LogP contribution in [0.5, 0.6) is 0 Å². The normalized spacial score (nSPS) is 11.4. The van der Waals surface area contributed by atoms with Gasteiger partial charge in [0.05, 0.1) is 10.7 Å². The molecule has 2 rings (SSSR count). The Morgan fingerprint density at radius 3 is 2.62 bits per heavy atom. The summed E-state index contributed by atoms with van der Waals surface area (Å²) in [4.78, 5) is 11.2. The van der Waals surface area contributed by atoms with E-state index in [9.17, 15) is 13.2 Å². The number of carbonyl (C=O) groups is 1. The molecule has 0 atom stereocenters. The summed E-state index contributed by atoms with van der Waals surface area (Å²) < 4.78 is 27.7. The summed E-state index contributed by atoms with van der Waals surface area (Å²) >= 11 is 10.1. The number of sulfonamides is 1. The Morgan fingerprint density at radius 1 is 1.38 bits per heavy atom. The number of carboxylic acid groups (broad SMARTS) is 1. The van der Waals surface area contributed by atoms with Crippen molar-refractivity contribution in [1.82, 2.24) is 0 Å². The topological polar surface area (TPSA) is 83.5 Å². The lowest BCUT2D eigenvalue weighted by Crippen LogP contribution is -2.13. The maximum absolute atomic E-state index is 12.4. The van der Waals surface area contributed by atoms with Crippen LogP contribution in [0.3, 0.4) is 0 Å². The zero-order chi connectivity index (χ0) is 15.8. The highest BCUT2D eigenvalue weighted by Crippen LogP contribution is 2.31. The van der Waals surface area contributed by atoms with Gasteiger partial charge in [0, 0.05) is 9.35 Å². The van der Waals surface area contributed by atoms with Gasteiger partial charge in [-0.25, -0.2) is 13.2 Å². The number of halogens is 2. The van der Waals surface area contributed by atoms with Crippen LogP contribution in [-0.4, -0.2) is 19.5 Å². The third-order valence-corrected chi connectivity index (χ3v) is 6.03. The molecule has 0 spiro atoms. The molecule has 0 unspecified atom stereocenters. The third-order valence-electron chi connectivity index (χ3n) is 2.55. The van der Waals surface area contributed by atoms with Crippen LogP contribution in [0.25, 0.3) is 0 Å². The minimum absolute atomic E-state index is 0.0341. The number of aryl methyl sites for hydroxylation is 1. The number of nitrogens with one attached hydrogen (secondary N) is 1. The Labute approximate surface area is 138 Å². The van der Waals surface area contributed by atoms with Crippen molar-refractivity contribution < 1.29 is 18.3 Å². The van der Waals surface area contributed by atoms with Gasteiger partial charge in [0.25, 0.3) is 10.0 Å². The highest BCUT2D eigenvalue weighted by molar-refractivity contribution is 9.10. The van der Waals surface area contributed by atoms with Gasteiger partial charge in [0.1, 0.15) is 9.77 Å². The average Bonchev–Trinajstić information content (AvgIpc) is 2.77. The van der Waals surface area contributed by atoms with Crippen molar-refractivity contribution >= 4 is 60.5 Å². The van der Waals surface area contributed by atoms with Crippen LogP contribution in [0.15, 0.2) is 33.6 Å². The van der Waals surface area contributed by atoms with Crippen LogP contribution in [-0.2, 0) is 10.0 Å². The molecular weight excluding hydrogens is 402 g/mol. The van der Waals surface area contributed by atoms with Crippen molar-refractivity contribution in [2.24, 2.45) is 0 Å². The molecule has 0 aliphatic rings. The van der Waals surface area contributed by atoms with E-state index in [-0.39, 0.29) is 20.5 Å². The van der Waals surface area contributed by atoms with Crippen molar-refractivity contribution in [3.63, 3.8) is 0 Å². The van der Waals surface area contributed by atoms with E-state index >= 15 is 0 Å². The van der Waals surface area contributed by atoms with Crippen LogP contribution in [0.4, 0.5) is 5.69 Å². The van der Waals surface area contributed by atoms with E-state index in [1.807, 2.05) is 0 Å². The number of thiophene rings is 1. The van der Waals surface area contributed by atoms with Crippen molar-refractivity contribution in [3.8, 4) is 0 Å². The first-order valence-electron chi connectivity index (χ1n) is 5.52. The number of hydrogen-bond acceptors (Lipinski definition) is 4. The molecule has 0 saturated carbocycles. The second-order valence-electron chi connectivity index (χ2n) is 4.07. The first-order valence-corrected chi connectivity index (χ1v) is 8.99. The summed E-state index contributed by atoms with van der Waals surface area (Å²) in [5.74, 6) is -1.16. The van der Waals surface area contributed by atoms with Crippen LogP contribution >= 0.6 is 38.9 Å². The number of anilines is 1. The minimum atomic E-state index is -3.90. The second-order valence-corrected chi connectivity index (χ2v) is 8.30. The molecule has 9 heteroatoms. The summed E-state index contributed by atoms with van der Waals surface area (Å²) in [6, 6.07) is 5.89. The lowest BCUT2D eigenvalue weighted by atomic mass is 10.3. The van der Waals surface area contributed by atoms with Crippen LogP contribution in [0, 0.1) is 6.92 Å². The molecule has 0 aliphatic carbocycles. The number of benzene rings is 1. The standard InChI is InChI=1S/C12H9BrClNO4S2/c1-6-11(5-10(20-6)12(16)17)21(18,19)15-9-4-7(13)2-3-8(9)14/h2-5,15H,1H3,(H,16,17). The first-order chi connectivity index (χ1) is 9.70. The van der Waals surface area contributed by atoms with Gasteiger partial charge in [-0.15, -0.1) is 11.3 Å². The average molecular weight is 411 g/mol. The van der Waals surface area contributed by atoms with Crippen LogP contribution < -0.4 is 4.72 Å². The predicted octanol–water partition coefficient (Wildman–Crippen LogP) is 3.97. The Bertz CT molecular complexity index is 817. The quantitative estimate of drug-likeness (QED) is 0.799. The molecule has 1 aromatic carbocycles. The van der Waals surface area contributed by atoms with Crippen molar-refractivity contribution in [1.29, 1.82) is 0 Å². The SMILES string of the molecule is Cc1sc(C(=O)O)cc1S(=O)(=O)Nc1cc(Br)ccc1Cl.